The number of hydrogen-bond donors (Lipinski definition) is 3. The number of aromatic hydroxyl groups is 1. The number of hydrogen-bond acceptors (Lipinski definition) is 6. The number of carbonyl (C=O) groups is 1. The van der Waals surface area contributed by atoms with Crippen LogP contribution in [0.3, 0.4) is 0 Å². The largest absolute Gasteiger partial charge is 0.505 e. The fourth-order valence-corrected chi connectivity index (χ4v) is 4.09. The smallest absolute Gasteiger partial charge is 0.320 e. The van der Waals surface area contributed by atoms with Crippen molar-refractivity contribution in [2.75, 3.05) is 26.1 Å². The van der Waals surface area contributed by atoms with Crippen molar-refractivity contribution in [3.05, 3.63) is 70.3 Å². The van der Waals surface area contributed by atoms with Crippen molar-refractivity contribution in [2.24, 2.45) is 0 Å². The third-order valence-electron chi connectivity index (χ3n) is 5.30. The van der Waals surface area contributed by atoms with E-state index >= 15 is 0 Å². The number of methoxy groups -OCH3 is 2. The lowest BCUT2D eigenvalue weighted by Crippen LogP contribution is -2.30. The molecule has 3 N–H and O–H groups in total. The summed E-state index contributed by atoms with van der Waals surface area (Å²) in [5, 5.41) is 15.6. The molecule has 0 radical (unpaired) electrons. The maximum Gasteiger partial charge on any atom is 0.320 e. The van der Waals surface area contributed by atoms with Crippen molar-refractivity contribution in [3.8, 4) is 28.4 Å². The van der Waals surface area contributed by atoms with Gasteiger partial charge in [0.25, 0.3) is 0 Å². The van der Waals surface area contributed by atoms with E-state index in [1.54, 1.807) is 38.5 Å². The van der Waals surface area contributed by atoms with E-state index in [0.717, 1.165) is 11.1 Å². The molecule has 0 atom stereocenters. The predicted octanol–water partition coefficient (Wildman–Crippen LogP) is 5.69. The molecule has 0 saturated carbocycles. The maximum absolute atomic E-state index is 12.4. The number of halogens is 2. The highest BCUT2D eigenvalue weighted by Gasteiger charge is 2.12. The Morgan fingerprint density at radius 2 is 1.77 bits per heavy atom. The zero-order chi connectivity index (χ0) is 24.9. The molecule has 0 fully saturated rings. The Morgan fingerprint density at radius 1 is 1.00 bits per heavy atom. The van der Waals surface area contributed by atoms with Crippen LogP contribution in [0, 0.1) is 0 Å². The van der Waals surface area contributed by atoms with Crippen LogP contribution in [0.5, 0.6) is 17.2 Å². The average Bonchev–Trinajstić information content (AvgIpc) is 2.86. The Balaban J connectivity index is 1.44. The van der Waals surface area contributed by atoms with Crippen molar-refractivity contribution in [3.63, 3.8) is 0 Å². The summed E-state index contributed by atoms with van der Waals surface area (Å²) in [5.74, 6) is 1.41. The normalized spacial score (nSPS) is 10.7. The summed E-state index contributed by atoms with van der Waals surface area (Å²) in [6.07, 6.45) is 2.04. The Hall–Kier alpha value is -3.75. The number of rotatable bonds is 7. The predicted molar refractivity (Wildman–Crippen MR) is 137 cm³/mol. The zero-order valence-corrected chi connectivity index (χ0v) is 20.4. The molecule has 0 bridgehead atoms. The van der Waals surface area contributed by atoms with E-state index in [1.165, 1.54) is 6.20 Å². The molecule has 0 aliphatic rings. The number of nitrogens with zero attached hydrogens (tertiary/aromatic N) is 2. The molecular weight excluding hydrogens is 491 g/mol. The van der Waals surface area contributed by atoms with Crippen LogP contribution in [0.1, 0.15) is 5.56 Å². The van der Waals surface area contributed by atoms with Gasteiger partial charge in [0.05, 0.1) is 41.5 Å². The highest BCUT2D eigenvalue weighted by Crippen LogP contribution is 2.37. The summed E-state index contributed by atoms with van der Waals surface area (Å²) < 4.78 is 10.7. The van der Waals surface area contributed by atoms with Gasteiger partial charge in [0.15, 0.2) is 23.1 Å². The Kier molecular flexibility index (Phi) is 7.43. The first-order valence-corrected chi connectivity index (χ1v) is 11.3. The molecule has 180 valence electrons. The summed E-state index contributed by atoms with van der Waals surface area (Å²) in [7, 11) is 3.16. The lowest BCUT2D eigenvalue weighted by molar-refractivity contribution is 0.252. The second-order valence-corrected chi connectivity index (χ2v) is 8.35. The van der Waals surface area contributed by atoms with E-state index in [2.05, 4.69) is 20.6 Å². The number of anilines is 1. The molecule has 3 aromatic carbocycles. The lowest BCUT2D eigenvalue weighted by atomic mass is 10.0. The number of aromatic nitrogens is 2. The number of nitrogens with one attached hydrogen (secondary N) is 2. The molecule has 0 saturated heterocycles. The molecule has 1 aromatic heterocycles. The number of urea groups is 1. The van der Waals surface area contributed by atoms with E-state index in [1.807, 2.05) is 24.3 Å². The molecule has 4 aromatic rings. The van der Waals surface area contributed by atoms with E-state index < -0.39 is 6.03 Å². The van der Waals surface area contributed by atoms with Crippen molar-refractivity contribution in [1.29, 1.82) is 0 Å². The van der Waals surface area contributed by atoms with Crippen molar-refractivity contribution in [1.82, 2.24) is 15.3 Å². The molecule has 0 unspecified atom stereocenters. The van der Waals surface area contributed by atoms with E-state index in [0.29, 0.717) is 46.9 Å². The minimum Gasteiger partial charge on any atom is -0.505 e. The minimum absolute atomic E-state index is 0.150. The zero-order valence-electron chi connectivity index (χ0n) is 18.9. The minimum atomic E-state index is -0.409. The SMILES string of the molecule is COc1cccc(CCNC(=O)Nc2cnc3ccc(-c4cc(Cl)c(O)c(Cl)c4)cc3n2)c1OC. The number of para-hydroxylation sites is 1. The molecule has 10 heteroatoms. The van der Waals surface area contributed by atoms with Gasteiger partial charge in [-0.3, -0.25) is 10.3 Å². The molecule has 35 heavy (non-hydrogen) atoms. The maximum atomic E-state index is 12.4. The highest BCUT2D eigenvalue weighted by molar-refractivity contribution is 6.37. The summed E-state index contributed by atoms with van der Waals surface area (Å²) in [6.45, 7) is 0.378. The van der Waals surface area contributed by atoms with Crippen molar-refractivity contribution < 1.29 is 19.4 Å². The first kappa shape index (κ1) is 24.4. The van der Waals surface area contributed by atoms with Crippen LogP contribution < -0.4 is 20.1 Å². The monoisotopic (exact) mass is 512 g/mol. The highest BCUT2D eigenvalue weighted by atomic mass is 35.5. The number of phenolic OH excluding ortho intramolecular Hbond substituents is 1. The number of phenols is 1. The molecule has 0 aliphatic heterocycles. The molecule has 4 rings (SSSR count). The first-order valence-electron chi connectivity index (χ1n) is 10.6. The van der Waals surface area contributed by atoms with Crippen molar-refractivity contribution in [2.45, 2.75) is 6.42 Å². The second kappa shape index (κ2) is 10.7. The van der Waals surface area contributed by atoms with Gasteiger partial charge in [-0.25, -0.2) is 9.78 Å². The summed E-state index contributed by atoms with van der Waals surface area (Å²) in [6, 6.07) is 13.9. The van der Waals surface area contributed by atoms with E-state index in [4.69, 9.17) is 32.7 Å². The lowest BCUT2D eigenvalue weighted by Gasteiger charge is -2.13. The number of carbonyl (C=O) groups excluding carboxylic acids is 1. The standard InChI is InChI=1S/C25H22Cl2N4O4/c1-34-21-5-3-4-14(24(21)35-2)8-9-28-25(33)31-22-13-29-19-7-6-15(12-20(19)30-22)16-10-17(26)23(32)18(27)11-16/h3-7,10-13,32H,8-9H2,1-2H3,(H2,28,30,31,33). The number of fused-ring (bicyclic) bond motifs is 1. The van der Waals surface area contributed by atoms with Gasteiger partial charge in [0.1, 0.15) is 0 Å². The van der Waals surface area contributed by atoms with Gasteiger partial charge in [-0.15, -0.1) is 0 Å². The Bertz CT molecular complexity index is 1370. The van der Waals surface area contributed by atoms with Crippen LogP contribution >= 0.6 is 23.2 Å². The van der Waals surface area contributed by atoms with Crippen LogP contribution in [0.25, 0.3) is 22.2 Å². The number of amides is 2. The first-order chi connectivity index (χ1) is 16.9. The van der Waals surface area contributed by atoms with Gasteiger partial charge in [-0.1, -0.05) is 41.4 Å². The van der Waals surface area contributed by atoms with Gasteiger partial charge < -0.3 is 19.9 Å². The molecular formula is C25H22Cl2N4O4. The second-order valence-electron chi connectivity index (χ2n) is 7.53. The third kappa shape index (κ3) is 5.50. The van der Waals surface area contributed by atoms with Crippen LogP contribution in [0.2, 0.25) is 10.0 Å². The van der Waals surface area contributed by atoms with E-state index in [-0.39, 0.29) is 15.8 Å². The van der Waals surface area contributed by atoms with Crippen LogP contribution in [-0.2, 0) is 6.42 Å². The fourth-order valence-electron chi connectivity index (χ4n) is 3.61. The van der Waals surface area contributed by atoms with Crippen LogP contribution in [0.4, 0.5) is 10.6 Å². The number of benzene rings is 3. The fraction of sp³-hybridized carbons (Fsp3) is 0.160. The van der Waals surface area contributed by atoms with Crippen LogP contribution in [0.15, 0.2) is 54.7 Å². The summed E-state index contributed by atoms with van der Waals surface area (Å²) in [5.41, 5.74) is 3.64. The average molecular weight is 513 g/mol. The molecule has 2 amide bonds. The molecule has 0 aliphatic carbocycles. The van der Waals surface area contributed by atoms with Gasteiger partial charge in [-0.2, -0.15) is 0 Å². The van der Waals surface area contributed by atoms with Crippen LogP contribution in [-0.4, -0.2) is 41.9 Å². The topological polar surface area (TPSA) is 106 Å². The third-order valence-corrected chi connectivity index (χ3v) is 5.87. The quantitative estimate of drug-likeness (QED) is 0.293. The molecule has 0 spiro atoms. The number of ether oxygens (including phenoxy) is 2. The molecule has 8 nitrogen and oxygen atoms in total. The Morgan fingerprint density at radius 3 is 2.49 bits per heavy atom. The summed E-state index contributed by atoms with van der Waals surface area (Å²) in [4.78, 5) is 21.3. The van der Waals surface area contributed by atoms with Gasteiger partial charge >= 0.3 is 6.03 Å². The van der Waals surface area contributed by atoms with E-state index in [9.17, 15) is 9.90 Å². The van der Waals surface area contributed by atoms with Crippen molar-refractivity contribution >= 4 is 46.1 Å². The van der Waals surface area contributed by atoms with Gasteiger partial charge in [-0.05, 0) is 53.4 Å². The summed E-state index contributed by atoms with van der Waals surface area (Å²) >= 11 is 12.1. The van der Waals surface area contributed by atoms with Gasteiger partial charge in [0.2, 0.25) is 0 Å². The molecule has 1 heterocycles. The van der Waals surface area contributed by atoms with Gasteiger partial charge in [0, 0.05) is 6.54 Å². The Labute approximate surface area is 211 Å².